The third-order valence-electron chi connectivity index (χ3n) is 4.45. The largest absolute Gasteiger partial charge is 0.353 e. The number of aryl methyl sites for hydroxylation is 4. The highest BCUT2D eigenvalue weighted by molar-refractivity contribution is 7.89. The fraction of sp³-hybridized carbons (Fsp3) is 0.409. The average molecular weight is 403 g/mol. The van der Waals surface area contributed by atoms with E-state index in [9.17, 15) is 13.2 Å². The predicted molar refractivity (Wildman–Crippen MR) is 113 cm³/mol. The Labute approximate surface area is 168 Å². The van der Waals surface area contributed by atoms with Crippen LogP contribution in [0.4, 0.5) is 0 Å². The summed E-state index contributed by atoms with van der Waals surface area (Å²) in [5.74, 6) is -0.312. The van der Waals surface area contributed by atoms with Gasteiger partial charge in [0.05, 0.1) is 11.4 Å². The van der Waals surface area contributed by atoms with E-state index in [0.717, 1.165) is 16.7 Å². The van der Waals surface area contributed by atoms with Gasteiger partial charge in [0.1, 0.15) is 0 Å². The molecule has 0 aliphatic rings. The van der Waals surface area contributed by atoms with Crippen molar-refractivity contribution in [3.63, 3.8) is 0 Å². The fourth-order valence-corrected chi connectivity index (χ4v) is 5.15. The van der Waals surface area contributed by atoms with Crippen LogP contribution in [0.25, 0.3) is 0 Å². The zero-order valence-corrected chi connectivity index (χ0v) is 18.4. The highest BCUT2D eigenvalue weighted by Crippen LogP contribution is 2.26. The van der Waals surface area contributed by atoms with Gasteiger partial charge < -0.3 is 5.32 Å². The van der Waals surface area contributed by atoms with Crippen LogP contribution in [-0.2, 0) is 21.4 Å². The topological polar surface area (TPSA) is 66.5 Å². The smallest absolute Gasteiger partial charge is 0.244 e. The molecule has 0 saturated carbocycles. The maximum Gasteiger partial charge on any atom is 0.244 e. The maximum absolute atomic E-state index is 13.5. The molecular weight excluding hydrogens is 372 g/mol. The van der Waals surface area contributed by atoms with Crippen LogP contribution in [0, 0.1) is 27.7 Å². The summed E-state index contributed by atoms with van der Waals surface area (Å²) in [6, 6.07) is 11.3. The molecule has 2 aromatic rings. The normalized spacial score (nSPS) is 11.9. The van der Waals surface area contributed by atoms with Gasteiger partial charge in [-0.15, -0.1) is 0 Å². The van der Waals surface area contributed by atoms with E-state index in [2.05, 4.69) is 5.32 Å². The highest BCUT2D eigenvalue weighted by atomic mass is 32.2. The molecule has 0 heterocycles. The van der Waals surface area contributed by atoms with Crippen LogP contribution in [0.3, 0.4) is 0 Å². The van der Waals surface area contributed by atoms with E-state index in [4.69, 9.17) is 0 Å². The molecule has 1 N–H and O–H groups in total. The van der Waals surface area contributed by atoms with Crippen molar-refractivity contribution >= 4 is 15.9 Å². The molecule has 0 unspecified atom stereocenters. The second-order valence-electron chi connectivity index (χ2n) is 7.71. The number of amides is 1. The molecule has 152 valence electrons. The standard InChI is InChI=1S/C22H30N2O3S/c1-15(2)23-21(25)14-24(13-20-9-7-16(3)8-10-20)28(26,27)22-18(5)11-17(4)12-19(22)6/h7-12,15H,13-14H2,1-6H3,(H,23,25). The van der Waals surface area contributed by atoms with Crippen molar-refractivity contribution in [1.82, 2.24) is 9.62 Å². The van der Waals surface area contributed by atoms with E-state index < -0.39 is 10.0 Å². The van der Waals surface area contributed by atoms with Crippen LogP contribution in [0.1, 0.15) is 41.7 Å². The van der Waals surface area contributed by atoms with Crippen LogP contribution in [0.2, 0.25) is 0 Å². The predicted octanol–water partition coefficient (Wildman–Crippen LogP) is 3.64. The van der Waals surface area contributed by atoms with Crippen LogP contribution in [0.15, 0.2) is 41.3 Å². The molecule has 6 heteroatoms. The maximum atomic E-state index is 13.5. The molecule has 1 amide bonds. The Morgan fingerprint density at radius 2 is 1.50 bits per heavy atom. The van der Waals surface area contributed by atoms with E-state index in [1.807, 2.05) is 64.1 Å². The van der Waals surface area contributed by atoms with E-state index >= 15 is 0 Å². The zero-order valence-electron chi connectivity index (χ0n) is 17.5. The summed E-state index contributed by atoms with van der Waals surface area (Å²) in [5, 5.41) is 2.78. The van der Waals surface area contributed by atoms with Gasteiger partial charge in [0.15, 0.2) is 0 Å². The number of carbonyl (C=O) groups excluding carboxylic acids is 1. The second kappa shape index (κ2) is 8.88. The minimum atomic E-state index is -3.85. The lowest BCUT2D eigenvalue weighted by Gasteiger charge is -2.24. The first-order valence-corrected chi connectivity index (χ1v) is 10.9. The third-order valence-corrected chi connectivity index (χ3v) is 6.55. The monoisotopic (exact) mass is 402 g/mol. The van der Waals surface area contributed by atoms with Gasteiger partial charge >= 0.3 is 0 Å². The Morgan fingerprint density at radius 3 is 2.00 bits per heavy atom. The number of hydrogen-bond acceptors (Lipinski definition) is 3. The summed E-state index contributed by atoms with van der Waals surface area (Å²) in [6.45, 7) is 11.1. The molecule has 28 heavy (non-hydrogen) atoms. The molecule has 0 radical (unpaired) electrons. The van der Waals surface area contributed by atoms with Gasteiger partial charge in [-0.1, -0.05) is 47.5 Å². The Balaban J connectivity index is 2.47. The summed E-state index contributed by atoms with van der Waals surface area (Å²) >= 11 is 0. The van der Waals surface area contributed by atoms with Gasteiger partial charge in [0.25, 0.3) is 0 Å². The number of benzene rings is 2. The number of nitrogens with one attached hydrogen (secondary N) is 1. The van der Waals surface area contributed by atoms with Gasteiger partial charge in [-0.05, 0) is 58.2 Å². The van der Waals surface area contributed by atoms with Crippen molar-refractivity contribution in [3.8, 4) is 0 Å². The molecule has 5 nitrogen and oxygen atoms in total. The summed E-state index contributed by atoms with van der Waals surface area (Å²) in [4.78, 5) is 12.7. The van der Waals surface area contributed by atoms with Crippen LogP contribution < -0.4 is 5.32 Å². The lowest BCUT2D eigenvalue weighted by molar-refractivity contribution is -0.121. The first-order valence-electron chi connectivity index (χ1n) is 9.43. The van der Waals surface area contributed by atoms with E-state index in [0.29, 0.717) is 11.1 Å². The molecule has 0 saturated heterocycles. The molecule has 0 fully saturated rings. The van der Waals surface area contributed by atoms with Crippen LogP contribution in [0.5, 0.6) is 0 Å². The summed E-state index contributed by atoms with van der Waals surface area (Å²) in [6.07, 6.45) is 0. The molecule has 0 aliphatic heterocycles. The van der Waals surface area contributed by atoms with Crippen molar-refractivity contribution in [2.45, 2.75) is 59.0 Å². The molecule has 0 aliphatic carbocycles. The highest BCUT2D eigenvalue weighted by Gasteiger charge is 2.30. The molecule has 2 rings (SSSR count). The SMILES string of the molecule is Cc1ccc(CN(CC(=O)NC(C)C)S(=O)(=O)c2c(C)cc(C)cc2C)cc1. The molecule has 0 atom stereocenters. The molecule has 0 aromatic heterocycles. The van der Waals surface area contributed by atoms with Crippen LogP contribution >= 0.6 is 0 Å². The molecule has 0 bridgehead atoms. The molecule has 2 aromatic carbocycles. The number of hydrogen-bond donors (Lipinski definition) is 1. The average Bonchev–Trinajstić information content (AvgIpc) is 2.54. The van der Waals surface area contributed by atoms with Crippen molar-refractivity contribution in [2.75, 3.05) is 6.54 Å². The zero-order chi connectivity index (χ0) is 21.1. The Hall–Kier alpha value is -2.18. The minimum absolute atomic E-state index is 0.0562. The quantitative estimate of drug-likeness (QED) is 0.769. The fourth-order valence-electron chi connectivity index (χ4n) is 3.35. The summed E-state index contributed by atoms with van der Waals surface area (Å²) in [5.41, 5.74) is 4.33. The van der Waals surface area contributed by atoms with Crippen molar-refractivity contribution < 1.29 is 13.2 Å². The van der Waals surface area contributed by atoms with E-state index in [-0.39, 0.29) is 29.9 Å². The van der Waals surface area contributed by atoms with Gasteiger partial charge in [0, 0.05) is 12.6 Å². The minimum Gasteiger partial charge on any atom is -0.353 e. The lowest BCUT2D eigenvalue weighted by Crippen LogP contribution is -2.42. The Kier molecular flexibility index (Phi) is 7.01. The van der Waals surface area contributed by atoms with E-state index in [1.165, 1.54) is 4.31 Å². The molecular formula is C22H30N2O3S. The first-order chi connectivity index (χ1) is 13.0. The van der Waals surface area contributed by atoms with Crippen molar-refractivity contribution in [1.29, 1.82) is 0 Å². The first kappa shape index (κ1) is 22.1. The van der Waals surface area contributed by atoms with Crippen molar-refractivity contribution in [3.05, 3.63) is 64.2 Å². The lowest BCUT2D eigenvalue weighted by atomic mass is 10.1. The Morgan fingerprint density at radius 1 is 0.964 bits per heavy atom. The summed E-state index contributed by atoms with van der Waals surface area (Å²) in [7, 11) is -3.85. The van der Waals surface area contributed by atoms with Crippen LogP contribution in [-0.4, -0.2) is 31.2 Å². The van der Waals surface area contributed by atoms with Gasteiger partial charge in [-0.2, -0.15) is 4.31 Å². The van der Waals surface area contributed by atoms with Gasteiger partial charge in [-0.25, -0.2) is 8.42 Å². The Bertz CT molecular complexity index is 925. The third kappa shape index (κ3) is 5.42. The second-order valence-corrected chi connectivity index (χ2v) is 9.58. The van der Waals surface area contributed by atoms with Crippen molar-refractivity contribution in [2.24, 2.45) is 0 Å². The van der Waals surface area contributed by atoms with E-state index in [1.54, 1.807) is 13.8 Å². The van der Waals surface area contributed by atoms with Gasteiger partial charge in [0.2, 0.25) is 15.9 Å². The molecule has 0 spiro atoms. The number of nitrogens with zero attached hydrogens (tertiary/aromatic N) is 1. The number of sulfonamides is 1. The number of rotatable bonds is 7. The number of carbonyl (C=O) groups is 1. The summed E-state index contributed by atoms with van der Waals surface area (Å²) < 4.78 is 28.3. The van der Waals surface area contributed by atoms with Gasteiger partial charge in [-0.3, -0.25) is 4.79 Å².